The molecule has 1 unspecified atom stereocenters. The first-order chi connectivity index (χ1) is 11.7. The average molecular weight is 315 g/mol. The highest BCUT2D eigenvalue weighted by Gasteiger charge is 2.16. The first-order valence-electron chi connectivity index (χ1n) is 7.68. The summed E-state index contributed by atoms with van der Waals surface area (Å²) >= 11 is 0. The predicted molar refractivity (Wildman–Crippen MR) is 91.6 cm³/mol. The van der Waals surface area contributed by atoms with Crippen molar-refractivity contribution >= 4 is 10.9 Å². The molecule has 0 aliphatic heterocycles. The molecule has 0 aliphatic rings. The van der Waals surface area contributed by atoms with Crippen LogP contribution >= 0.6 is 0 Å². The van der Waals surface area contributed by atoms with Crippen LogP contribution < -0.4 is 0 Å². The summed E-state index contributed by atoms with van der Waals surface area (Å²) in [5.41, 5.74) is 3.43. The first-order valence-corrected chi connectivity index (χ1v) is 7.68. The third-order valence-corrected chi connectivity index (χ3v) is 3.88. The lowest BCUT2D eigenvalue weighted by atomic mass is 10.1. The van der Waals surface area contributed by atoms with Crippen molar-refractivity contribution in [3.63, 3.8) is 0 Å². The SMILES string of the molecule is CC(O)c1nn(-c2ncc(-c3ccccc3)cn2)c2c[c]ccc12. The smallest absolute Gasteiger partial charge is 0.251 e. The van der Waals surface area contributed by atoms with E-state index in [-0.39, 0.29) is 0 Å². The molecule has 5 nitrogen and oxygen atoms in total. The number of nitrogens with zero attached hydrogens (tertiary/aromatic N) is 4. The summed E-state index contributed by atoms with van der Waals surface area (Å²) in [6.07, 6.45) is 2.89. The molecule has 2 aromatic carbocycles. The molecular formula is C19H15N4O. The zero-order valence-corrected chi connectivity index (χ0v) is 13.1. The maximum atomic E-state index is 9.95. The fourth-order valence-corrected chi connectivity index (χ4v) is 2.70. The van der Waals surface area contributed by atoms with E-state index in [0.29, 0.717) is 11.6 Å². The Morgan fingerprint density at radius 3 is 2.50 bits per heavy atom. The fourth-order valence-electron chi connectivity index (χ4n) is 2.70. The molecule has 0 saturated heterocycles. The standard InChI is InChI=1S/C19H15N4O/c1-13(24)18-16-9-5-6-10-17(16)23(22-18)19-20-11-15(12-21-19)14-7-3-2-4-8-14/h2-5,7-13,24H,1H3. The predicted octanol–water partition coefficient (Wildman–Crippen LogP) is 3.34. The van der Waals surface area contributed by atoms with Gasteiger partial charge in [0.1, 0.15) is 0 Å². The van der Waals surface area contributed by atoms with E-state index in [1.165, 1.54) is 0 Å². The number of aliphatic hydroxyl groups is 1. The second-order valence-electron chi connectivity index (χ2n) is 5.55. The van der Waals surface area contributed by atoms with Gasteiger partial charge in [0.05, 0.1) is 17.3 Å². The monoisotopic (exact) mass is 315 g/mol. The Bertz CT molecular complexity index is 975. The molecule has 1 radical (unpaired) electrons. The van der Waals surface area contributed by atoms with Gasteiger partial charge in [0.2, 0.25) is 0 Å². The van der Waals surface area contributed by atoms with Crippen LogP contribution in [0.5, 0.6) is 0 Å². The van der Waals surface area contributed by atoms with E-state index in [0.717, 1.165) is 22.0 Å². The molecule has 4 aromatic rings. The Balaban J connectivity index is 1.81. The Morgan fingerprint density at radius 2 is 1.79 bits per heavy atom. The van der Waals surface area contributed by atoms with Crippen molar-refractivity contribution < 1.29 is 5.11 Å². The van der Waals surface area contributed by atoms with Crippen molar-refractivity contribution in [2.75, 3.05) is 0 Å². The third-order valence-electron chi connectivity index (χ3n) is 3.88. The number of benzene rings is 2. The van der Waals surface area contributed by atoms with Gasteiger partial charge in [-0.05, 0) is 24.6 Å². The van der Waals surface area contributed by atoms with E-state index < -0.39 is 6.10 Å². The van der Waals surface area contributed by atoms with Crippen LogP contribution in [0.25, 0.3) is 28.0 Å². The summed E-state index contributed by atoms with van der Waals surface area (Å²) in [7, 11) is 0. The van der Waals surface area contributed by atoms with Gasteiger partial charge in [0.15, 0.2) is 0 Å². The fraction of sp³-hybridized carbons (Fsp3) is 0.105. The van der Waals surface area contributed by atoms with E-state index >= 15 is 0 Å². The molecule has 0 aliphatic carbocycles. The highest BCUT2D eigenvalue weighted by molar-refractivity contribution is 5.83. The van der Waals surface area contributed by atoms with Crippen LogP contribution in [-0.2, 0) is 0 Å². The average Bonchev–Trinajstić information content (AvgIpc) is 3.03. The number of hydrogen-bond donors (Lipinski definition) is 1. The minimum Gasteiger partial charge on any atom is -0.387 e. The molecule has 0 amide bonds. The number of fused-ring (bicyclic) bond motifs is 1. The number of aliphatic hydroxyl groups excluding tert-OH is 1. The van der Waals surface area contributed by atoms with E-state index in [1.54, 1.807) is 30.1 Å². The molecule has 0 spiro atoms. The molecule has 5 heteroatoms. The zero-order chi connectivity index (χ0) is 16.5. The Morgan fingerprint density at radius 1 is 1.04 bits per heavy atom. The van der Waals surface area contributed by atoms with Crippen molar-refractivity contribution in [1.82, 2.24) is 19.7 Å². The van der Waals surface area contributed by atoms with Gasteiger partial charge in [-0.2, -0.15) is 9.78 Å². The minimum atomic E-state index is -0.667. The zero-order valence-electron chi connectivity index (χ0n) is 13.1. The van der Waals surface area contributed by atoms with Crippen LogP contribution in [0.4, 0.5) is 0 Å². The van der Waals surface area contributed by atoms with Crippen LogP contribution in [-0.4, -0.2) is 24.9 Å². The second kappa shape index (κ2) is 5.86. The lowest BCUT2D eigenvalue weighted by molar-refractivity contribution is 0.195. The number of hydrogen-bond acceptors (Lipinski definition) is 4. The molecule has 0 fully saturated rings. The molecule has 1 atom stereocenters. The highest BCUT2D eigenvalue weighted by atomic mass is 16.3. The summed E-state index contributed by atoms with van der Waals surface area (Å²) < 4.78 is 1.64. The van der Waals surface area contributed by atoms with Crippen molar-refractivity contribution in [3.8, 4) is 17.1 Å². The van der Waals surface area contributed by atoms with Crippen LogP contribution in [0.1, 0.15) is 18.7 Å². The van der Waals surface area contributed by atoms with E-state index in [2.05, 4.69) is 21.1 Å². The molecule has 117 valence electrons. The number of aromatic nitrogens is 4. The van der Waals surface area contributed by atoms with Gasteiger partial charge in [-0.15, -0.1) is 0 Å². The summed E-state index contributed by atoms with van der Waals surface area (Å²) in [6.45, 7) is 1.70. The van der Waals surface area contributed by atoms with Gasteiger partial charge >= 0.3 is 0 Å². The van der Waals surface area contributed by atoms with Crippen LogP contribution in [0, 0.1) is 6.07 Å². The van der Waals surface area contributed by atoms with Crippen LogP contribution in [0.15, 0.2) is 60.9 Å². The van der Waals surface area contributed by atoms with Gasteiger partial charge in [-0.3, -0.25) is 0 Å². The van der Waals surface area contributed by atoms with Crippen molar-refractivity contribution in [1.29, 1.82) is 0 Å². The van der Waals surface area contributed by atoms with Gasteiger partial charge < -0.3 is 5.11 Å². The molecule has 0 bridgehead atoms. The molecule has 0 saturated carbocycles. The van der Waals surface area contributed by atoms with Crippen LogP contribution in [0.3, 0.4) is 0 Å². The summed E-state index contributed by atoms with van der Waals surface area (Å²) in [6, 6.07) is 18.5. The van der Waals surface area contributed by atoms with Gasteiger partial charge in [-0.1, -0.05) is 42.5 Å². The molecule has 2 heterocycles. The first kappa shape index (κ1) is 14.5. The normalized spacial score (nSPS) is 12.4. The van der Waals surface area contributed by atoms with E-state index in [9.17, 15) is 5.11 Å². The molecule has 2 aromatic heterocycles. The molecule has 4 rings (SSSR count). The summed E-state index contributed by atoms with van der Waals surface area (Å²) in [4.78, 5) is 8.88. The maximum Gasteiger partial charge on any atom is 0.251 e. The minimum absolute atomic E-state index is 0.464. The van der Waals surface area contributed by atoms with Crippen molar-refractivity contribution in [2.45, 2.75) is 13.0 Å². The van der Waals surface area contributed by atoms with Gasteiger partial charge in [0.25, 0.3) is 5.95 Å². The summed E-state index contributed by atoms with van der Waals surface area (Å²) in [5, 5.41) is 15.3. The van der Waals surface area contributed by atoms with Crippen LogP contribution in [0.2, 0.25) is 0 Å². The largest absolute Gasteiger partial charge is 0.387 e. The van der Waals surface area contributed by atoms with Gasteiger partial charge in [-0.25, -0.2) is 9.97 Å². The third kappa shape index (κ3) is 2.45. The summed E-state index contributed by atoms with van der Waals surface area (Å²) in [5.74, 6) is 0.464. The van der Waals surface area contributed by atoms with Crippen molar-refractivity contribution in [3.05, 3.63) is 72.7 Å². The second-order valence-corrected chi connectivity index (χ2v) is 5.55. The van der Waals surface area contributed by atoms with E-state index in [1.807, 2.05) is 42.5 Å². The van der Waals surface area contributed by atoms with Gasteiger partial charge in [0, 0.05) is 23.3 Å². The Hall–Kier alpha value is -3.05. The van der Waals surface area contributed by atoms with E-state index in [4.69, 9.17) is 0 Å². The maximum absolute atomic E-state index is 9.95. The number of rotatable bonds is 3. The molecule has 1 N–H and O–H groups in total. The topological polar surface area (TPSA) is 63.8 Å². The lowest BCUT2D eigenvalue weighted by Gasteiger charge is -2.04. The molecular weight excluding hydrogens is 300 g/mol. The quantitative estimate of drug-likeness (QED) is 0.630. The lowest BCUT2D eigenvalue weighted by Crippen LogP contribution is -2.04. The molecule has 24 heavy (non-hydrogen) atoms. The highest BCUT2D eigenvalue weighted by Crippen LogP contribution is 2.25. The Kier molecular flexibility index (Phi) is 3.55. The Labute approximate surface area is 139 Å². The van der Waals surface area contributed by atoms with Crippen molar-refractivity contribution in [2.24, 2.45) is 0 Å².